The lowest BCUT2D eigenvalue weighted by molar-refractivity contribution is -0.117. The van der Waals surface area contributed by atoms with E-state index in [1.807, 2.05) is 0 Å². The average molecular weight is 310 g/mol. The zero-order valence-corrected chi connectivity index (χ0v) is 11.3. The second-order valence-electron chi connectivity index (χ2n) is 4.41. The zero-order chi connectivity index (χ0) is 15.0. The number of halogens is 2. The first-order valence-corrected chi connectivity index (χ1v) is 6.38. The Kier molecular flexibility index (Phi) is 3.30. The van der Waals surface area contributed by atoms with E-state index in [-0.39, 0.29) is 23.3 Å². The smallest absolute Gasteiger partial charge is 0.252 e. The van der Waals surface area contributed by atoms with Crippen molar-refractivity contribution in [2.75, 3.05) is 10.6 Å². The molecule has 0 fully saturated rings. The number of amides is 1. The maximum absolute atomic E-state index is 13.1. The quantitative estimate of drug-likeness (QED) is 0.878. The largest absolute Gasteiger partial charge is 0.342 e. The standard InChI is InChI=1S/C12H9ClFN5O2/c13-7-3-6(1-2-8(7)14)17-11(21)9-4-10(20)19-12(18-9)15-5-16-19/h1-3,5,9H,4H2,(H,17,21)(H,15,16,18)/t9-/m0/s1. The molecule has 7 nitrogen and oxygen atoms in total. The summed E-state index contributed by atoms with van der Waals surface area (Å²) in [6.07, 6.45) is 1.16. The van der Waals surface area contributed by atoms with Crippen LogP contribution in [0.15, 0.2) is 24.5 Å². The van der Waals surface area contributed by atoms with Gasteiger partial charge < -0.3 is 10.6 Å². The highest BCUT2D eigenvalue weighted by atomic mass is 35.5. The molecule has 0 unspecified atom stereocenters. The summed E-state index contributed by atoms with van der Waals surface area (Å²) < 4.78 is 14.1. The summed E-state index contributed by atoms with van der Waals surface area (Å²) >= 11 is 5.64. The number of anilines is 2. The van der Waals surface area contributed by atoms with E-state index in [4.69, 9.17) is 11.6 Å². The van der Waals surface area contributed by atoms with E-state index < -0.39 is 17.8 Å². The topological polar surface area (TPSA) is 88.9 Å². The molecule has 2 heterocycles. The Hall–Kier alpha value is -2.48. The maximum Gasteiger partial charge on any atom is 0.252 e. The molecule has 0 aliphatic carbocycles. The number of nitrogens with zero attached hydrogens (tertiary/aromatic N) is 3. The molecule has 1 aromatic carbocycles. The predicted octanol–water partition coefficient (Wildman–Crippen LogP) is 1.53. The van der Waals surface area contributed by atoms with E-state index in [0.29, 0.717) is 5.69 Å². The van der Waals surface area contributed by atoms with Crippen LogP contribution in [0.4, 0.5) is 16.0 Å². The van der Waals surface area contributed by atoms with Crippen LogP contribution in [0.1, 0.15) is 11.2 Å². The summed E-state index contributed by atoms with van der Waals surface area (Å²) in [6, 6.07) is 3.04. The molecule has 0 radical (unpaired) electrons. The molecule has 0 saturated carbocycles. The summed E-state index contributed by atoms with van der Waals surface area (Å²) in [5, 5.41) is 9.01. The highest BCUT2D eigenvalue weighted by molar-refractivity contribution is 6.31. The summed E-state index contributed by atoms with van der Waals surface area (Å²) in [7, 11) is 0. The molecular weight excluding hydrogens is 301 g/mol. The van der Waals surface area contributed by atoms with Crippen molar-refractivity contribution in [1.29, 1.82) is 0 Å². The number of carbonyl (C=O) groups is 2. The van der Waals surface area contributed by atoms with Crippen LogP contribution in [0.2, 0.25) is 5.02 Å². The summed E-state index contributed by atoms with van der Waals surface area (Å²) in [5.41, 5.74) is 0.340. The van der Waals surface area contributed by atoms with E-state index in [1.54, 1.807) is 0 Å². The van der Waals surface area contributed by atoms with Gasteiger partial charge in [-0.3, -0.25) is 9.59 Å². The third-order valence-electron chi connectivity index (χ3n) is 2.97. The van der Waals surface area contributed by atoms with Gasteiger partial charge in [0.25, 0.3) is 5.91 Å². The van der Waals surface area contributed by atoms with E-state index in [2.05, 4.69) is 20.7 Å². The van der Waals surface area contributed by atoms with Gasteiger partial charge in [-0.15, -0.1) is 0 Å². The van der Waals surface area contributed by atoms with E-state index in [0.717, 1.165) is 10.7 Å². The van der Waals surface area contributed by atoms with Gasteiger partial charge in [-0.1, -0.05) is 11.6 Å². The molecule has 21 heavy (non-hydrogen) atoms. The third-order valence-corrected chi connectivity index (χ3v) is 3.26. The SMILES string of the molecule is O=C(Nc1ccc(F)c(Cl)c1)[C@@H]1CC(=O)n2ncnc2N1. The van der Waals surface area contributed by atoms with Crippen molar-refractivity contribution in [3.63, 3.8) is 0 Å². The van der Waals surface area contributed by atoms with E-state index >= 15 is 0 Å². The van der Waals surface area contributed by atoms with Crippen LogP contribution in [0.3, 0.4) is 0 Å². The predicted molar refractivity (Wildman–Crippen MR) is 72.7 cm³/mol. The molecule has 3 rings (SSSR count). The Morgan fingerprint density at radius 2 is 2.33 bits per heavy atom. The van der Waals surface area contributed by atoms with Crippen LogP contribution in [-0.4, -0.2) is 32.6 Å². The summed E-state index contributed by atoms with van der Waals surface area (Å²) in [6.45, 7) is 0. The van der Waals surface area contributed by atoms with E-state index in [1.165, 1.54) is 18.5 Å². The lowest BCUT2D eigenvalue weighted by Gasteiger charge is -2.22. The Morgan fingerprint density at radius 3 is 3.10 bits per heavy atom. The third kappa shape index (κ3) is 2.57. The van der Waals surface area contributed by atoms with Crippen molar-refractivity contribution < 1.29 is 14.0 Å². The lowest BCUT2D eigenvalue weighted by Crippen LogP contribution is -2.42. The van der Waals surface area contributed by atoms with Crippen LogP contribution in [-0.2, 0) is 4.79 Å². The number of hydrogen-bond donors (Lipinski definition) is 2. The molecule has 1 aliphatic heterocycles. The fourth-order valence-corrected chi connectivity index (χ4v) is 2.13. The van der Waals surface area contributed by atoms with Crippen molar-refractivity contribution in [2.45, 2.75) is 12.5 Å². The zero-order valence-electron chi connectivity index (χ0n) is 10.5. The fourth-order valence-electron chi connectivity index (χ4n) is 1.95. The van der Waals surface area contributed by atoms with Crippen LogP contribution < -0.4 is 10.6 Å². The first-order chi connectivity index (χ1) is 10.0. The summed E-state index contributed by atoms with van der Waals surface area (Å²) in [4.78, 5) is 27.7. The molecule has 1 atom stereocenters. The normalized spacial score (nSPS) is 17.0. The van der Waals surface area contributed by atoms with Gasteiger partial charge in [0, 0.05) is 5.69 Å². The highest BCUT2D eigenvalue weighted by Gasteiger charge is 2.30. The number of nitrogens with one attached hydrogen (secondary N) is 2. The average Bonchev–Trinajstić information content (AvgIpc) is 2.92. The monoisotopic (exact) mass is 309 g/mol. The number of aromatic nitrogens is 3. The first kappa shape index (κ1) is 13.5. The highest BCUT2D eigenvalue weighted by Crippen LogP contribution is 2.21. The number of hydrogen-bond acceptors (Lipinski definition) is 5. The minimum absolute atomic E-state index is 0.0584. The molecular formula is C12H9ClFN5O2. The van der Waals surface area contributed by atoms with Gasteiger partial charge in [0.1, 0.15) is 18.2 Å². The van der Waals surface area contributed by atoms with Gasteiger partial charge in [0.2, 0.25) is 11.9 Å². The van der Waals surface area contributed by atoms with Gasteiger partial charge in [0.15, 0.2) is 0 Å². The van der Waals surface area contributed by atoms with Gasteiger partial charge >= 0.3 is 0 Å². The minimum Gasteiger partial charge on any atom is -0.342 e. The molecule has 2 aromatic rings. The number of benzene rings is 1. The first-order valence-electron chi connectivity index (χ1n) is 6.00. The second-order valence-corrected chi connectivity index (χ2v) is 4.82. The Morgan fingerprint density at radius 1 is 1.52 bits per heavy atom. The second kappa shape index (κ2) is 5.13. The van der Waals surface area contributed by atoms with Crippen molar-refractivity contribution in [2.24, 2.45) is 0 Å². The Balaban J connectivity index is 1.74. The molecule has 1 aromatic heterocycles. The molecule has 0 saturated heterocycles. The van der Waals surface area contributed by atoms with Crippen LogP contribution >= 0.6 is 11.6 Å². The Bertz CT molecular complexity index is 732. The van der Waals surface area contributed by atoms with E-state index in [9.17, 15) is 14.0 Å². The minimum atomic E-state index is -0.780. The Labute approximate surface area is 123 Å². The van der Waals surface area contributed by atoms with Crippen molar-refractivity contribution in [3.8, 4) is 0 Å². The van der Waals surface area contributed by atoms with Gasteiger partial charge in [-0.05, 0) is 18.2 Å². The molecule has 108 valence electrons. The number of rotatable bonds is 2. The molecule has 2 N–H and O–H groups in total. The lowest BCUT2D eigenvalue weighted by atomic mass is 10.1. The molecule has 0 spiro atoms. The van der Waals surface area contributed by atoms with Gasteiger partial charge in [-0.25, -0.2) is 4.39 Å². The van der Waals surface area contributed by atoms with Crippen LogP contribution in [0, 0.1) is 5.82 Å². The fraction of sp³-hybridized carbons (Fsp3) is 0.167. The van der Waals surface area contributed by atoms with Crippen molar-refractivity contribution >= 4 is 35.1 Å². The van der Waals surface area contributed by atoms with Gasteiger partial charge in [-0.2, -0.15) is 14.8 Å². The molecule has 1 aliphatic rings. The molecule has 1 amide bonds. The molecule has 0 bridgehead atoms. The van der Waals surface area contributed by atoms with Crippen molar-refractivity contribution in [1.82, 2.24) is 14.8 Å². The van der Waals surface area contributed by atoms with Crippen LogP contribution in [0.5, 0.6) is 0 Å². The molecule has 9 heteroatoms. The van der Waals surface area contributed by atoms with Crippen molar-refractivity contribution in [3.05, 3.63) is 35.4 Å². The summed E-state index contributed by atoms with van der Waals surface area (Å²) in [5.74, 6) is -1.14. The number of carbonyl (C=O) groups excluding carboxylic acids is 2. The van der Waals surface area contributed by atoms with Crippen LogP contribution in [0.25, 0.3) is 0 Å². The maximum atomic E-state index is 13.1. The number of fused-ring (bicyclic) bond motifs is 1. The van der Waals surface area contributed by atoms with Gasteiger partial charge in [0.05, 0.1) is 11.4 Å².